The minimum absolute atomic E-state index is 0.368. The van der Waals surface area contributed by atoms with Gasteiger partial charge in [0, 0.05) is 5.71 Å². The predicted molar refractivity (Wildman–Crippen MR) is 123 cm³/mol. The van der Waals surface area contributed by atoms with E-state index in [1.807, 2.05) is 13.8 Å². The molecule has 3 nitrogen and oxygen atoms in total. The molecule has 1 atom stereocenters. The van der Waals surface area contributed by atoms with Crippen molar-refractivity contribution in [2.24, 2.45) is 4.99 Å². The highest BCUT2D eigenvalue weighted by Gasteiger charge is 2.21. The van der Waals surface area contributed by atoms with Crippen molar-refractivity contribution >= 4 is 17.1 Å². The van der Waals surface area contributed by atoms with Gasteiger partial charge in [0.15, 0.2) is 0 Å². The molecule has 0 radical (unpaired) electrons. The Morgan fingerprint density at radius 1 is 1.11 bits per heavy atom. The Labute approximate surface area is 167 Å². The number of fused-ring (bicyclic) bond motifs is 2. The second-order valence-corrected chi connectivity index (χ2v) is 7.00. The minimum Gasteiger partial charge on any atom is -0.376 e. The molecule has 1 aromatic rings. The summed E-state index contributed by atoms with van der Waals surface area (Å²) in [5.74, 6) is 0. The summed E-state index contributed by atoms with van der Waals surface area (Å²) >= 11 is 0. The molecule has 1 aliphatic heterocycles. The molecule has 2 aliphatic rings. The molecular weight excluding hydrogens is 330 g/mol. The summed E-state index contributed by atoms with van der Waals surface area (Å²) in [5.41, 5.74) is 5.87. The molecule has 27 heavy (non-hydrogen) atoms. The fourth-order valence-electron chi connectivity index (χ4n) is 3.30. The quantitative estimate of drug-likeness (QED) is 0.653. The molecule has 150 valence electrons. The smallest absolute Gasteiger partial charge is 0.0867 e. The van der Waals surface area contributed by atoms with Crippen molar-refractivity contribution in [3.63, 3.8) is 0 Å². The number of anilines is 1. The van der Waals surface area contributed by atoms with E-state index in [2.05, 4.69) is 81.4 Å². The van der Waals surface area contributed by atoms with Crippen LogP contribution in [0.1, 0.15) is 59.4 Å². The van der Waals surface area contributed by atoms with Gasteiger partial charge in [0.05, 0.1) is 17.4 Å². The van der Waals surface area contributed by atoms with Gasteiger partial charge in [-0.3, -0.25) is 4.99 Å². The topological polar surface area (TPSA) is 27.6 Å². The van der Waals surface area contributed by atoms with Crippen LogP contribution in [0.5, 0.6) is 0 Å². The van der Waals surface area contributed by atoms with Crippen molar-refractivity contribution < 1.29 is 0 Å². The third-order valence-electron chi connectivity index (χ3n) is 4.56. The van der Waals surface area contributed by atoms with Crippen LogP contribution in [0.2, 0.25) is 0 Å². The average Bonchev–Trinajstić information content (AvgIpc) is 2.80. The first-order chi connectivity index (χ1) is 13.0. The fourth-order valence-corrected chi connectivity index (χ4v) is 3.30. The number of rotatable bonds is 4. The maximum absolute atomic E-state index is 4.74. The van der Waals surface area contributed by atoms with E-state index in [9.17, 15) is 0 Å². The van der Waals surface area contributed by atoms with Crippen molar-refractivity contribution in [2.75, 3.05) is 25.5 Å². The third-order valence-corrected chi connectivity index (χ3v) is 4.56. The lowest BCUT2D eigenvalue weighted by atomic mass is 9.95. The maximum atomic E-state index is 4.74. The highest BCUT2D eigenvalue weighted by Crippen LogP contribution is 2.33. The van der Waals surface area contributed by atoms with Gasteiger partial charge in [-0.15, -0.1) is 0 Å². The molecule has 0 bridgehead atoms. The Balaban J connectivity index is 0.000000312. The number of hydrogen-bond acceptors (Lipinski definition) is 3. The van der Waals surface area contributed by atoms with Crippen LogP contribution in [0.3, 0.4) is 0 Å². The molecule has 1 N–H and O–H groups in total. The maximum Gasteiger partial charge on any atom is 0.0867 e. The number of allylic oxidation sites excluding steroid dienone is 2. The highest BCUT2D eigenvalue weighted by atomic mass is 15.1. The van der Waals surface area contributed by atoms with E-state index in [1.54, 1.807) is 0 Å². The summed E-state index contributed by atoms with van der Waals surface area (Å²) in [4.78, 5) is 7.10. The monoisotopic (exact) mass is 369 g/mol. The summed E-state index contributed by atoms with van der Waals surface area (Å²) in [6, 6.07) is 6.76. The molecule has 0 fully saturated rings. The lowest BCUT2D eigenvalue weighted by molar-refractivity contribution is 0.335. The van der Waals surface area contributed by atoms with Gasteiger partial charge in [-0.05, 0) is 76.5 Å². The first kappa shape index (κ1) is 23.2. The Morgan fingerprint density at radius 2 is 1.78 bits per heavy atom. The van der Waals surface area contributed by atoms with Crippen LogP contribution in [-0.2, 0) is 0 Å². The Hall–Kier alpha value is -1.87. The molecule has 0 amide bonds. The molecule has 0 aromatic heterocycles. The Kier molecular flexibility index (Phi) is 10.7. The van der Waals surface area contributed by atoms with Crippen LogP contribution in [0.25, 0.3) is 0 Å². The molecular formula is C24H39N3. The highest BCUT2D eigenvalue weighted by molar-refractivity contribution is 6.03. The van der Waals surface area contributed by atoms with Gasteiger partial charge in [-0.2, -0.15) is 0 Å². The van der Waals surface area contributed by atoms with Gasteiger partial charge in [0.2, 0.25) is 0 Å². The van der Waals surface area contributed by atoms with E-state index in [-0.39, 0.29) is 0 Å². The van der Waals surface area contributed by atoms with Gasteiger partial charge < -0.3 is 10.2 Å². The van der Waals surface area contributed by atoms with Crippen LogP contribution in [0.15, 0.2) is 47.0 Å². The molecule has 1 heterocycles. The van der Waals surface area contributed by atoms with Crippen molar-refractivity contribution in [2.45, 2.75) is 66.8 Å². The van der Waals surface area contributed by atoms with E-state index in [0.717, 1.165) is 23.5 Å². The number of hydrogen-bond donors (Lipinski definition) is 1. The number of benzene rings is 1. The van der Waals surface area contributed by atoms with Crippen molar-refractivity contribution in [1.29, 1.82) is 0 Å². The predicted octanol–water partition coefficient (Wildman–Crippen LogP) is 6.53. The molecule has 0 spiro atoms. The second-order valence-electron chi connectivity index (χ2n) is 7.00. The van der Waals surface area contributed by atoms with Crippen molar-refractivity contribution in [3.05, 3.63) is 47.6 Å². The van der Waals surface area contributed by atoms with Gasteiger partial charge in [0.25, 0.3) is 0 Å². The fraction of sp³-hybridized carbons (Fsp3) is 0.542. The molecule has 0 saturated heterocycles. The number of aryl methyl sites for hydroxylation is 1. The van der Waals surface area contributed by atoms with Crippen LogP contribution in [0, 0.1) is 6.92 Å². The zero-order valence-electron chi connectivity index (χ0n) is 18.5. The third kappa shape index (κ3) is 7.34. The molecule has 0 saturated carbocycles. The standard InChI is InChI=1S/C15H16N2.C7H17N.C2H6/c1-10-7-8-14-15(9-10)16-11(2)12-5-3-4-6-13(12)17-14;1-4-6-8(3)7-5-2;1-2/h3-5,7-9,13,17H,6H2,1-2H3;4-7H2,1-3H3;1-2H3. The SMILES string of the molecule is CC.CC1=Nc2cc(C)ccc2NC2CC=CC=C12.CCCN(C)CCC. The summed E-state index contributed by atoms with van der Waals surface area (Å²) in [7, 11) is 2.17. The van der Waals surface area contributed by atoms with E-state index >= 15 is 0 Å². The molecule has 3 rings (SSSR count). The zero-order valence-corrected chi connectivity index (χ0v) is 18.5. The Morgan fingerprint density at radius 3 is 2.41 bits per heavy atom. The summed E-state index contributed by atoms with van der Waals surface area (Å²) in [6.45, 7) is 15.1. The second kappa shape index (κ2) is 12.5. The van der Waals surface area contributed by atoms with Crippen molar-refractivity contribution in [3.8, 4) is 0 Å². The van der Waals surface area contributed by atoms with Gasteiger partial charge in [-0.25, -0.2) is 0 Å². The van der Waals surface area contributed by atoms with E-state index in [4.69, 9.17) is 4.99 Å². The largest absolute Gasteiger partial charge is 0.376 e. The van der Waals surface area contributed by atoms with E-state index < -0.39 is 0 Å². The summed E-state index contributed by atoms with van der Waals surface area (Å²) in [5, 5.41) is 3.58. The van der Waals surface area contributed by atoms with Gasteiger partial charge in [-0.1, -0.05) is 52.0 Å². The van der Waals surface area contributed by atoms with Gasteiger partial charge >= 0.3 is 0 Å². The first-order valence-electron chi connectivity index (χ1n) is 10.5. The lowest BCUT2D eigenvalue weighted by Gasteiger charge is -2.21. The van der Waals surface area contributed by atoms with Crippen LogP contribution < -0.4 is 5.32 Å². The lowest BCUT2D eigenvalue weighted by Crippen LogP contribution is -2.25. The Bertz CT molecular complexity index is 650. The minimum atomic E-state index is 0.368. The molecule has 1 unspecified atom stereocenters. The number of nitrogens with one attached hydrogen (secondary N) is 1. The molecule has 3 heteroatoms. The van der Waals surface area contributed by atoms with E-state index in [0.29, 0.717) is 6.04 Å². The van der Waals surface area contributed by atoms with Crippen molar-refractivity contribution in [1.82, 2.24) is 4.90 Å². The average molecular weight is 370 g/mol. The zero-order chi connectivity index (χ0) is 20.2. The van der Waals surface area contributed by atoms with Crippen LogP contribution in [0.4, 0.5) is 11.4 Å². The van der Waals surface area contributed by atoms with Crippen LogP contribution >= 0.6 is 0 Å². The van der Waals surface area contributed by atoms with Gasteiger partial charge in [0.1, 0.15) is 0 Å². The number of nitrogens with zero attached hydrogens (tertiary/aromatic N) is 2. The summed E-state index contributed by atoms with van der Waals surface area (Å²) in [6.07, 6.45) is 10.1. The summed E-state index contributed by atoms with van der Waals surface area (Å²) < 4.78 is 0. The first-order valence-corrected chi connectivity index (χ1v) is 10.5. The molecule has 1 aliphatic carbocycles. The van der Waals surface area contributed by atoms with Crippen LogP contribution in [-0.4, -0.2) is 36.8 Å². The normalized spacial score (nSPS) is 17.0. The number of aliphatic imine (C=N–C) groups is 1. The molecule has 1 aromatic carbocycles. The van der Waals surface area contributed by atoms with E-state index in [1.165, 1.54) is 37.1 Å².